The number of ketones is 1. The Labute approximate surface area is 84.0 Å². The van der Waals surface area contributed by atoms with Crippen molar-refractivity contribution in [2.45, 2.75) is 44.8 Å². The summed E-state index contributed by atoms with van der Waals surface area (Å²) in [4.78, 5) is 21.9. The molecule has 1 atom stereocenters. The lowest BCUT2D eigenvalue weighted by molar-refractivity contribution is -0.143. The number of hydrogen-bond acceptors (Lipinski definition) is 4. The molecule has 1 heterocycles. The van der Waals surface area contributed by atoms with Gasteiger partial charge in [-0.3, -0.25) is 9.59 Å². The number of carbonyl (C=O) groups is 2. The van der Waals surface area contributed by atoms with Crippen LogP contribution in [0.1, 0.15) is 33.1 Å². The van der Waals surface area contributed by atoms with E-state index in [1.807, 2.05) is 0 Å². The van der Waals surface area contributed by atoms with E-state index in [4.69, 9.17) is 4.74 Å². The van der Waals surface area contributed by atoms with E-state index in [1.165, 1.54) is 0 Å². The third-order valence-electron chi connectivity index (χ3n) is 2.42. The fraction of sp³-hybridized carbons (Fsp3) is 0.800. The van der Waals surface area contributed by atoms with Crippen LogP contribution in [0.25, 0.3) is 0 Å². The minimum atomic E-state index is -0.677. The first-order chi connectivity index (χ1) is 6.55. The summed E-state index contributed by atoms with van der Waals surface area (Å²) < 4.78 is 4.83. The van der Waals surface area contributed by atoms with E-state index in [0.29, 0.717) is 6.47 Å². The zero-order valence-corrected chi connectivity index (χ0v) is 8.71. The van der Waals surface area contributed by atoms with Gasteiger partial charge in [0.1, 0.15) is 5.60 Å². The number of ether oxygens (including phenoxy) is 1. The molecule has 1 saturated heterocycles. The molecule has 0 spiro atoms. The zero-order chi connectivity index (χ0) is 10.6. The van der Waals surface area contributed by atoms with Crippen molar-refractivity contribution in [3.05, 3.63) is 0 Å². The first-order valence-electron chi connectivity index (χ1n) is 4.93. The third kappa shape index (κ3) is 3.10. The molecule has 0 aliphatic carbocycles. The zero-order valence-electron chi connectivity index (χ0n) is 8.71. The minimum absolute atomic E-state index is 0.0375. The van der Waals surface area contributed by atoms with E-state index >= 15 is 0 Å². The molecule has 1 N–H and O–H groups in total. The summed E-state index contributed by atoms with van der Waals surface area (Å²) in [5, 5.41) is 3.13. The standard InChI is InChI=1S/C10H17NO3/c1-10(2,14-7-12)6-9(13)8-4-3-5-11-8/h7-8,11H,3-6H2,1-2H3. The SMILES string of the molecule is CC(C)(CC(=O)C1CCCN1)OC=O. The van der Waals surface area contributed by atoms with Gasteiger partial charge in [-0.1, -0.05) is 0 Å². The topological polar surface area (TPSA) is 55.4 Å². The maximum atomic E-state index is 11.7. The number of Topliss-reactive ketones (excluding diaryl/α,β-unsaturated/α-hetero) is 1. The van der Waals surface area contributed by atoms with Gasteiger partial charge in [-0.05, 0) is 33.2 Å². The molecule has 1 rings (SSSR count). The van der Waals surface area contributed by atoms with E-state index in [9.17, 15) is 9.59 Å². The Hall–Kier alpha value is -0.900. The van der Waals surface area contributed by atoms with Crippen molar-refractivity contribution in [3.63, 3.8) is 0 Å². The van der Waals surface area contributed by atoms with Crippen LogP contribution in [0.2, 0.25) is 0 Å². The van der Waals surface area contributed by atoms with Crippen LogP contribution in [-0.2, 0) is 14.3 Å². The Morgan fingerprint density at radius 1 is 1.64 bits per heavy atom. The molecule has 1 unspecified atom stereocenters. The van der Waals surface area contributed by atoms with E-state index in [-0.39, 0.29) is 18.2 Å². The summed E-state index contributed by atoms with van der Waals surface area (Å²) in [6, 6.07) is -0.0375. The summed E-state index contributed by atoms with van der Waals surface area (Å²) in [6.45, 7) is 4.79. The molecule has 4 nitrogen and oxygen atoms in total. The summed E-state index contributed by atoms with van der Waals surface area (Å²) in [7, 11) is 0. The van der Waals surface area contributed by atoms with E-state index in [1.54, 1.807) is 13.8 Å². The molecule has 80 valence electrons. The predicted molar refractivity (Wildman–Crippen MR) is 51.9 cm³/mol. The highest BCUT2D eigenvalue weighted by atomic mass is 16.5. The normalized spacial score (nSPS) is 22.0. The molecule has 0 aromatic heterocycles. The molecular weight excluding hydrogens is 182 g/mol. The molecule has 0 saturated carbocycles. The summed E-state index contributed by atoms with van der Waals surface area (Å²) in [5.41, 5.74) is -0.677. The van der Waals surface area contributed by atoms with Crippen molar-refractivity contribution in [2.75, 3.05) is 6.54 Å². The number of nitrogens with one attached hydrogen (secondary N) is 1. The van der Waals surface area contributed by atoms with Gasteiger partial charge in [0.05, 0.1) is 6.04 Å². The summed E-state index contributed by atoms with van der Waals surface area (Å²) in [5.74, 6) is 0.134. The van der Waals surface area contributed by atoms with Crippen LogP contribution >= 0.6 is 0 Å². The molecule has 0 radical (unpaired) electrons. The monoisotopic (exact) mass is 199 g/mol. The van der Waals surface area contributed by atoms with Crippen molar-refractivity contribution < 1.29 is 14.3 Å². The highest BCUT2D eigenvalue weighted by Gasteiger charge is 2.29. The van der Waals surface area contributed by atoms with Gasteiger partial charge in [-0.2, -0.15) is 0 Å². The highest BCUT2D eigenvalue weighted by molar-refractivity contribution is 5.85. The van der Waals surface area contributed by atoms with Gasteiger partial charge >= 0.3 is 0 Å². The quantitative estimate of drug-likeness (QED) is 0.660. The minimum Gasteiger partial charge on any atom is -0.461 e. The van der Waals surface area contributed by atoms with Gasteiger partial charge in [0.2, 0.25) is 0 Å². The Balaban J connectivity index is 2.42. The molecule has 4 heteroatoms. The van der Waals surface area contributed by atoms with Gasteiger partial charge in [0, 0.05) is 6.42 Å². The van der Waals surface area contributed by atoms with Crippen molar-refractivity contribution in [1.82, 2.24) is 5.32 Å². The van der Waals surface area contributed by atoms with Crippen LogP contribution in [0.4, 0.5) is 0 Å². The average molecular weight is 199 g/mol. The van der Waals surface area contributed by atoms with Crippen LogP contribution in [0.15, 0.2) is 0 Å². The second kappa shape index (κ2) is 4.55. The second-order valence-corrected chi connectivity index (χ2v) is 4.27. The maximum Gasteiger partial charge on any atom is 0.293 e. The Kier molecular flexibility index (Phi) is 3.63. The van der Waals surface area contributed by atoms with Gasteiger partial charge in [0.25, 0.3) is 6.47 Å². The van der Waals surface area contributed by atoms with Crippen LogP contribution in [-0.4, -0.2) is 30.4 Å². The van der Waals surface area contributed by atoms with Gasteiger partial charge < -0.3 is 10.1 Å². The molecule has 0 aromatic carbocycles. The number of hydrogen-bond donors (Lipinski definition) is 1. The average Bonchev–Trinajstić information content (AvgIpc) is 2.53. The summed E-state index contributed by atoms with van der Waals surface area (Å²) >= 11 is 0. The maximum absolute atomic E-state index is 11.7. The number of rotatable bonds is 5. The Bertz CT molecular complexity index is 219. The van der Waals surface area contributed by atoms with Crippen LogP contribution in [0.3, 0.4) is 0 Å². The molecule has 1 aliphatic rings. The molecule has 1 fully saturated rings. The summed E-state index contributed by atoms with van der Waals surface area (Å²) in [6.07, 6.45) is 2.23. The van der Waals surface area contributed by atoms with Gasteiger partial charge in [-0.25, -0.2) is 0 Å². The van der Waals surface area contributed by atoms with Crippen molar-refractivity contribution in [1.29, 1.82) is 0 Å². The lowest BCUT2D eigenvalue weighted by Gasteiger charge is -2.23. The first kappa shape index (κ1) is 11.2. The molecule has 0 amide bonds. The number of carbonyl (C=O) groups excluding carboxylic acids is 2. The van der Waals surface area contributed by atoms with E-state index < -0.39 is 5.60 Å². The Morgan fingerprint density at radius 2 is 2.36 bits per heavy atom. The van der Waals surface area contributed by atoms with Crippen LogP contribution < -0.4 is 5.32 Å². The fourth-order valence-electron chi connectivity index (χ4n) is 1.67. The van der Waals surface area contributed by atoms with Crippen LogP contribution in [0.5, 0.6) is 0 Å². The second-order valence-electron chi connectivity index (χ2n) is 4.27. The lowest BCUT2D eigenvalue weighted by Crippen LogP contribution is -2.37. The molecule has 0 aromatic rings. The Morgan fingerprint density at radius 3 is 2.86 bits per heavy atom. The van der Waals surface area contributed by atoms with Gasteiger partial charge in [-0.15, -0.1) is 0 Å². The smallest absolute Gasteiger partial charge is 0.293 e. The lowest BCUT2D eigenvalue weighted by atomic mass is 9.97. The van der Waals surface area contributed by atoms with E-state index in [2.05, 4.69) is 5.32 Å². The fourth-order valence-corrected chi connectivity index (χ4v) is 1.67. The third-order valence-corrected chi connectivity index (χ3v) is 2.42. The molecule has 1 aliphatic heterocycles. The van der Waals surface area contributed by atoms with Crippen molar-refractivity contribution in [2.24, 2.45) is 0 Å². The van der Waals surface area contributed by atoms with Crippen molar-refractivity contribution in [3.8, 4) is 0 Å². The predicted octanol–water partition coefficient (Wildman–Crippen LogP) is 0.649. The molecular formula is C10H17NO3. The van der Waals surface area contributed by atoms with E-state index in [0.717, 1.165) is 19.4 Å². The highest BCUT2D eigenvalue weighted by Crippen LogP contribution is 2.17. The largest absolute Gasteiger partial charge is 0.461 e. The molecule has 0 bridgehead atoms. The molecule has 14 heavy (non-hydrogen) atoms. The van der Waals surface area contributed by atoms with Gasteiger partial charge in [0.15, 0.2) is 5.78 Å². The van der Waals surface area contributed by atoms with Crippen molar-refractivity contribution >= 4 is 12.3 Å². The van der Waals surface area contributed by atoms with Crippen LogP contribution in [0, 0.1) is 0 Å². The first-order valence-corrected chi connectivity index (χ1v) is 4.93.